The number of anilines is 1. The number of nitrogens with one attached hydrogen (secondary N) is 1. The Labute approximate surface area is 193 Å². The topological polar surface area (TPSA) is 65.1 Å². The third-order valence-electron chi connectivity index (χ3n) is 5.69. The molecule has 0 saturated carbocycles. The summed E-state index contributed by atoms with van der Waals surface area (Å²) in [6, 6.07) is 14.6. The normalized spacial score (nSPS) is 14.0. The molecule has 33 heavy (non-hydrogen) atoms. The molecule has 0 spiro atoms. The molecule has 168 valence electrons. The third kappa shape index (κ3) is 4.23. The zero-order valence-corrected chi connectivity index (χ0v) is 18.7. The maximum absolute atomic E-state index is 14.1. The van der Waals surface area contributed by atoms with Gasteiger partial charge in [-0.1, -0.05) is 12.1 Å². The summed E-state index contributed by atoms with van der Waals surface area (Å²) >= 11 is 1.46. The number of carbonyl (C=O) groups excluding carboxylic acids is 1. The molecule has 0 aliphatic carbocycles. The molecular weight excluding hydrogens is 444 g/mol. The van der Waals surface area contributed by atoms with Gasteiger partial charge in [-0.25, -0.2) is 13.8 Å². The summed E-state index contributed by atoms with van der Waals surface area (Å²) in [5.74, 6) is -0.709. The van der Waals surface area contributed by atoms with Gasteiger partial charge in [0.15, 0.2) is 5.69 Å². The Morgan fingerprint density at radius 3 is 2.48 bits per heavy atom. The number of aromatic amines is 1. The highest BCUT2D eigenvalue weighted by Crippen LogP contribution is 2.34. The van der Waals surface area contributed by atoms with Crippen LogP contribution in [0.4, 0.5) is 14.5 Å². The molecule has 1 saturated heterocycles. The van der Waals surface area contributed by atoms with Crippen LogP contribution in [0.1, 0.15) is 16.2 Å². The first-order valence-corrected chi connectivity index (χ1v) is 11.4. The smallest absolute Gasteiger partial charge is 0.274 e. The molecule has 0 bridgehead atoms. The van der Waals surface area contributed by atoms with E-state index in [9.17, 15) is 13.6 Å². The lowest BCUT2D eigenvalue weighted by Gasteiger charge is -2.35. The number of halogens is 2. The lowest BCUT2D eigenvalue weighted by Crippen LogP contribution is -2.49. The van der Waals surface area contributed by atoms with Crippen LogP contribution in [-0.2, 0) is 0 Å². The Bertz CT molecular complexity index is 1290. The Morgan fingerprint density at radius 2 is 1.76 bits per heavy atom. The van der Waals surface area contributed by atoms with Crippen LogP contribution in [0, 0.1) is 18.6 Å². The molecule has 0 atom stereocenters. The molecule has 1 fully saturated rings. The third-order valence-corrected chi connectivity index (χ3v) is 6.93. The van der Waals surface area contributed by atoms with Crippen LogP contribution in [0.2, 0.25) is 0 Å². The first-order valence-electron chi connectivity index (χ1n) is 10.6. The van der Waals surface area contributed by atoms with Gasteiger partial charge in [0.25, 0.3) is 5.91 Å². The fourth-order valence-electron chi connectivity index (χ4n) is 3.93. The van der Waals surface area contributed by atoms with Crippen molar-refractivity contribution in [2.75, 3.05) is 31.1 Å². The van der Waals surface area contributed by atoms with Gasteiger partial charge in [0.05, 0.1) is 22.0 Å². The van der Waals surface area contributed by atoms with Gasteiger partial charge in [0, 0.05) is 31.7 Å². The number of rotatable bonds is 4. The summed E-state index contributed by atoms with van der Waals surface area (Å²) in [7, 11) is 0. The van der Waals surface area contributed by atoms with E-state index in [1.807, 2.05) is 17.9 Å². The van der Waals surface area contributed by atoms with E-state index < -0.39 is 0 Å². The van der Waals surface area contributed by atoms with Crippen LogP contribution in [0.15, 0.2) is 54.6 Å². The van der Waals surface area contributed by atoms with Crippen LogP contribution in [0.5, 0.6) is 0 Å². The Kier molecular flexibility index (Phi) is 5.63. The first kappa shape index (κ1) is 21.3. The second kappa shape index (κ2) is 8.74. The van der Waals surface area contributed by atoms with Crippen LogP contribution in [-0.4, -0.2) is 52.2 Å². The number of nitrogens with zero attached hydrogens (tertiary/aromatic N) is 4. The molecule has 6 nitrogen and oxygen atoms in total. The van der Waals surface area contributed by atoms with Crippen LogP contribution >= 0.6 is 11.3 Å². The molecule has 0 radical (unpaired) electrons. The molecule has 1 amide bonds. The van der Waals surface area contributed by atoms with Crippen LogP contribution < -0.4 is 4.90 Å². The summed E-state index contributed by atoms with van der Waals surface area (Å²) in [6.07, 6.45) is 0. The van der Waals surface area contributed by atoms with E-state index in [0.717, 1.165) is 21.1 Å². The first-order chi connectivity index (χ1) is 16.0. The number of amides is 1. The number of benzene rings is 2. The van der Waals surface area contributed by atoms with E-state index >= 15 is 0 Å². The van der Waals surface area contributed by atoms with Gasteiger partial charge in [-0.2, -0.15) is 5.10 Å². The van der Waals surface area contributed by atoms with Crippen molar-refractivity contribution in [3.63, 3.8) is 0 Å². The largest absolute Gasteiger partial charge is 0.366 e. The number of aryl methyl sites for hydroxylation is 1. The number of H-pyrrole nitrogens is 1. The average Bonchev–Trinajstić information content (AvgIpc) is 3.46. The summed E-state index contributed by atoms with van der Waals surface area (Å²) in [4.78, 5) is 22.2. The zero-order chi connectivity index (χ0) is 22.9. The van der Waals surface area contributed by atoms with Crippen molar-refractivity contribution in [1.29, 1.82) is 0 Å². The van der Waals surface area contributed by atoms with E-state index in [-0.39, 0.29) is 17.5 Å². The van der Waals surface area contributed by atoms with Gasteiger partial charge in [-0.15, -0.1) is 11.3 Å². The quantitative estimate of drug-likeness (QED) is 0.473. The molecule has 1 N–H and O–H groups in total. The van der Waals surface area contributed by atoms with Crippen molar-refractivity contribution in [3.05, 3.63) is 77.6 Å². The molecule has 1 aliphatic heterocycles. The van der Waals surface area contributed by atoms with Gasteiger partial charge in [-0.3, -0.25) is 9.89 Å². The van der Waals surface area contributed by atoms with Crippen molar-refractivity contribution >= 4 is 22.9 Å². The highest BCUT2D eigenvalue weighted by atomic mass is 32.1. The van der Waals surface area contributed by atoms with Crippen LogP contribution in [0.3, 0.4) is 0 Å². The van der Waals surface area contributed by atoms with Gasteiger partial charge < -0.3 is 9.80 Å². The summed E-state index contributed by atoms with van der Waals surface area (Å²) in [6.45, 7) is 3.98. The highest BCUT2D eigenvalue weighted by Gasteiger charge is 2.25. The molecule has 0 unspecified atom stereocenters. The van der Waals surface area contributed by atoms with E-state index in [1.54, 1.807) is 35.2 Å². The number of aromatic nitrogens is 3. The minimum atomic E-state index is -0.293. The second-order valence-corrected chi connectivity index (χ2v) is 8.84. The molecule has 3 heterocycles. The SMILES string of the molecule is Cc1nc(-c2ccc(F)cc2)sc1-c1cc(C(=O)N2CCN(c3ccccc3F)CC2)n[nH]1. The van der Waals surface area contributed by atoms with E-state index in [4.69, 9.17) is 0 Å². The van der Waals surface area contributed by atoms with Gasteiger partial charge in [-0.05, 0) is 49.4 Å². The lowest BCUT2D eigenvalue weighted by atomic mass is 10.2. The summed E-state index contributed by atoms with van der Waals surface area (Å²) in [5.41, 5.74) is 3.25. The number of piperazine rings is 1. The zero-order valence-electron chi connectivity index (χ0n) is 17.9. The number of carbonyl (C=O) groups is 1. The predicted octanol–water partition coefficient (Wildman–Crippen LogP) is 4.75. The van der Waals surface area contributed by atoms with Crippen molar-refractivity contribution in [2.24, 2.45) is 0 Å². The van der Waals surface area contributed by atoms with Gasteiger partial charge >= 0.3 is 0 Å². The molecular formula is C24H21F2N5OS. The Balaban J connectivity index is 1.29. The molecule has 2 aromatic carbocycles. The average molecular weight is 466 g/mol. The molecule has 1 aliphatic rings. The van der Waals surface area contributed by atoms with E-state index in [0.29, 0.717) is 43.3 Å². The Hall–Kier alpha value is -3.59. The minimum Gasteiger partial charge on any atom is -0.366 e. The second-order valence-electron chi connectivity index (χ2n) is 7.84. The summed E-state index contributed by atoms with van der Waals surface area (Å²) < 4.78 is 27.3. The predicted molar refractivity (Wildman–Crippen MR) is 124 cm³/mol. The van der Waals surface area contributed by atoms with Gasteiger partial charge in [0.2, 0.25) is 0 Å². The number of thiazole rings is 1. The maximum Gasteiger partial charge on any atom is 0.274 e. The van der Waals surface area contributed by atoms with Crippen molar-refractivity contribution in [3.8, 4) is 21.1 Å². The fraction of sp³-hybridized carbons (Fsp3) is 0.208. The van der Waals surface area contributed by atoms with E-state index in [2.05, 4.69) is 15.2 Å². The minimum absolute atomic E-state index is 0.161. The molecule has 9 heteroatoms. The highest BCUT2D eigenvalue weighted by molar-refractivity contribution is 7.18. The van der Waals surface area contributed by atoms with Crippen molar-refractivity contribution < 1.29 is 13.6 Å². The summed E-state index contributed by atoms with van der Waals surface area (Å²) in [5, 5.41) is 7.96. The maximum atomic E-state index is 14.1. The molecule has 4 aromatic rings. The van der Waals surface area contributed by atoms with Crippen molar-refractivity contribution in [1.82, 2.24) is 20.1 Å². The van der Waals surface area contributed by atoms with Crippen molar-refractivity contribution in [2.45, 2.75) is 6.92 Å². The fourth-order valence-corrected chi connectivity index (χ4v) is 4.97. The lowest BCUT2D eigenvalue weighted by molar-refractivity contribution is 0.0740. The van der Waals surface area contributed by atoms with Crippen LogP contribution in [0.25, 0.3) is 21.1 Å². The molecule has 5 rings (SSSR count). The number of para-hydroxylation sites is 1. The van der Waals surface area contributed by atoms with E-state index in [1.165, 1.54) is 29.5 Å². The van der Waals surface area contributed by atoms with Gasteiger partial charge in [0.1, 0.15) is 16.6 Å². The number of hydrogen-bond acceptors (Lipinski definition) is 5. The monoisotopic (exact) mass is 465 g/mol. The number of hydrogen-bond donors (Lipinski definition) is 1. The standard InChI is InChI=1S/C24H21F2N5OS/c1-15-22(33-23(27-15)16-6-8-17(25)9-7-16)19-14-20(29-28-19)24(32)31-12-10-30(11-13-31)21-5-3-2-4-18(21)26/h2-9,14H,10-13H2,1H3,(H,28,29). The Morgan fingerprint density at radius 1 is 1.03 bits per heavy atom. The molecule has 2 aromatic heterocycles.